The number of carbonyl (C=O) groups is 1. The quantitative estimate of drug-likeness (QED) is 0.572. The topological polar surface area (TPSA) is 66.5 Å². The van der Waals surface area contributed by atoms with Crippen LogP contribution in [0, 0.1) is 0 Å². The zero-order valence-corrected chi connectivity index (χ0v) is 17.8. The van der Waals surface area contributed by atoms with Crippen molar-refractivity contribution in [2.75, 3.05) is 11.8 Å². The molecule has 0 fully saturated rings. The molecule has 0 aromatic heterocycles. The normalized spacial score (nSPS) is 11.1. The van der Waals surface area contributed by atoms with Crippen LogP contribution in [0.5, 0.6) is 0 Å². The van der Waals surface area contributed by atoms with Crippen LogP contribution in [0.1, 0.15) is 15.9 Å². The van der Waals surface area contributed by atoms with Crippen molar-refractivity contribution in [3.8, 4) is 0 Å². The predicted octanol–water partition coefficient (Wildman–Crippen LogP) is 5.07. The summed E-state index contributed by atoms with van der Waals surface area (Å²) in [7, 11) is -2.03. The number of hydrogen-bond donors (Lipinski definition) is 1. The van der Waals surface area contributed by atoms with Crippen molar-refractivity contribution >= 4 is 44.8 Å². The number of anilines is 1. The largest absolute Gasteiger partial charge is 0.337 e. The van der Waals surface area contributed by atoms with Crippen molar-refractivity contribution in [1.82, 2.24) is 4.90 Å². The summed E-state index contributed by atoms with van der Waals surface area (Å²) in [5.74, 6) is -0.224. The van der Waals surface area contributed by atoms with Crippen molar-refractivity contribution in [1.29, 1.82) is 0 Å². The van der Waals surface area contributed by atoms with E-state index in [1.807, 2.05) is 0 Å². The van der Waals surface area contributed by atoms with Crippen LogP contribution >= 0.6 is 23.2 Å². The first-order valence-electron chi connectivity index (χ1n) is 8.64. The summed E-state index contributed by atoms with van der Waals surface area (Å²) in [6.07, 6.45) is 0. The summed E-state index contributed by atoms with van der Waals surface area (Å²) in [6.45, 7) is 0.292. The molecule has 0 radical (unpaired) electrons. The first-order valence-corrected chi connectivity index (χ1v) is 10.9. The van der Waals surface area contributed by atoms with E-state index in [0.717, 1.165) is 5.56 Å². The van der Waals surface area contributed by atoms with Crippen molar-refractivity contribution in [2.24, 2.45) is 0 Å². The van der Waals surface area contributed by atoms with Gasteiger partial charge in [-0.25, -0.2) is 8.42 Å². The van der Waals surface area contributed by atoms with Gasteiger partial charge in [-0.3, -0.25) is 9.52 Å². The lowest BCUT2D eigenvalue weighted by molar-refractivity contribution is 0.0785. The standard InChI is InChI=1S/C21H18Cl2N2O3S/c1-25(14-16-6-5-9-19(22)20(16)23)21(26)15-10-12-17(13-11-15)24-29(27,28)18-7-3-2-4-8-18/h2-13,24H,14H2,1H3. The number of amides is 1. The van der Waals surface area contributed by atoms with Crippen LogP contribution in [0.4, 0.5) is 5.69 Å². The molecule has 0 aliphatic rings. The molecule has 3 aromatic carbocycles. The van der Waals surface area contributed by atoms with Crippen molar-refractivity contribution in [3.63, 3.8) is 0 Å². The summed E-state index contributed by atoms with van der Waals surface area (Å²) >= 11 is 12.2. The Labute approximate surface area is 179 Å². The van der Waals surface area contributed by atoms with Crippen LogP contribution < -0.4 is 4.72 Å². The van der Waals surface area contributed by atoms with Gasteiger partial charge in [-0.05, 0) is 48.0 Å². The lowest BCUT2D eigenvalue weighted by Gasteiger charge is -2.18. The number of benzene rings is 3. The molecular formula is C21H18Cl2N2O3S. The summed E-state index contributed by atoms with van der Waals surface area (Å²) in [5.41, 5.74) is 1.53. The fourth-order valence-corrected chi connectivity index (χ4v) is 4.17. The molecule has 0 spiro atoms. The van der Waals surface area contributed by atoms with Gasteiger partial charge in [0.1, 0.15) is 0 Å². The zero-order valence-electron chi connectivity index (χ0n) is 15.5. The molecule has 150 valence electrons. The number of halogens is 2. The van der Waals surface area contributed by atoms with Crippen molar-refractivity contribution in [2.45, 2.75) is 11.4 Å². The second-order valence-corrected chi connectivity index (χ2v) is 8.84. The molecule has 8 heteroatoms. The van der Waals surface area contributed by atoms with E-state index in [1.165, 1.54) is 17.0 Å². The maximum absolute atomic E-state index is 12.7. The third kappa shape index (κ3) is 5.09. The monoisotopic (exact) mass is 448 g/mol. The Bertz CT molecular complexity index is 1120. The number of carbonyl (C=O) groups excluding carboxylic acids is 1. The summed E-state index contributed by atoms with van der Waals surface area (Å²) in [5, 5.41) is 0.847. The molecular weight excluding hydrogens is 431 g/mol. The van der Waals surface area contributed by atoms with Gasteiger partial charge in [0.2, 0.25) is 0 Å². The molecule has 0 aliphatic heterocycles. The van der Waals surface area contributed by atoms with Gasteiger partial charge < -0.3 is 4.90 Å². The highest BCUT2D eigenvalue weighted by atomic mass is 35.5. The number of sulfonamides is 1. The van der Waals surface area contributed by atoms with Gasteiger partial charge in [-0.15, -0.1) is 0 Å². The van der Waals surface area contributed by atoms with E-state index in [9.17, 15) is 13.2 Å². The molecule has 0 heterocycles. The van der Waals surface area contributed by atoms with Crippen LogP contribution in [0.15, 0.2) is 77.7 Å². The van der Waals surface area contributed by atoms with E-state index in [0.29, 0.717) is 27.8 Å². The SMILES string of the molecule is CN(Cc1cccc(Cl)c1Cl)C(=O)c1ccc(NS(=O)(=O)c2ccccc2)cc1. The Hall–Kier alpha value is -2.54. The van der Waals surface area contributed by atoms with Crippen molar-refractivity contribution < 1.29 is 13.2 Å². The van der Waals surface area contributed by atoms with Crippen LogP contribution in [0.3, 0.4) is 0 Å². The fraction of sp³-hybridized carbons (Fsp3) is 0.0952. The first-order chi connectivity index (χ1) is 13.8. The fourth-order valence-electron chi connectivity index (χ4n) is 2.71. The van der Waals surface area contributed by atoms with Gasteiger partial charge in [0, 0.05) is 24.8 Å². The minimum absolute atomic E-state index is 0.165. The molecule has 1 amide bonds. The highest BCUT2D eigenvalue weighted by Gasteiger charge is 2.16. The van der Waals surface area contributed by atoms with Crippen molar-refractivity contribution in [3.05, 3.63) is 94.0 Å². The molecule has 0 atom stereocenters. The minimum Gasteiger partial charge on any atom is -0.337 e. The Morgan fingerprint density at radius 1 is 0.931 bits per heavy atom. The number of rotatable bonds is 6. The predicted molar refractivity (Wildman–Crippen MR) is 116 cm³/mol. The van der Waals surface area contributed by atoms with E-state index in [1.54, 1.807) is 67.7 Å². The summed E-state index contributed by atoms with van der Waals surface area (Å²) in [6, 6.07) is 19.6. The highest BCUT2D eigenvalue weighted by Crippen LogP contribution is 2.26. The average molecular weight is 449 g/mol. The molecule has 29 heavy (non-hydrogen) atoms. The van der Waals surface area contributed by atoms with E-state index < -0.39 is 10.0 Å². The number of hydrogen-bond acceptors (Lipinski definition) is 3. The lowest BCUT2D eigenvalue weighted by Crippen LogP contribution is -2.26. The zero-order chi connectivity index (χ0) is 21.0. The second kappa shape index (κ2) is 8.86. The maximum atomic E-state index is 12.7. The van der Waals surface area contributed by atoms with E-state index in [4.69, 9.17) is 23.2 Å². The smallest absolute Gasteiger partial charge is 0.261 e. The lowest BCUT2D eigenvalue weighted by atomic mass is 10.1. The molecule has 3 rings (SSSR count). The Kier molecular flexibility index (Phi) is 6.47. The van der Waals surface area contributed by atoms with E-state index >= 15 is 0 Å². The van der Waals surface area contributed by atoms with Crippen LogP contribution in [0.25, 0.3) is 0 Å². The van der Waals surface area contributed by atoms with Gasteiger partial charge in [0.15, 0.2) is 0 Å². The highest BCUT2D eigenvalue weighted by molar-refractivity contribution is 7.92. The Balaban J connectivity index is 1.71. The summed E-state index contributed by atoms with van der Waals surface area (Å²) in [4.78, 5) is 14.4. The Morgan fingerprint density at radius 3 is 2.24 bits per heavy atom. The van der Waals surface area contributed by atoms with Gasteiger partial charge >= 0.3 is 0 Å². The van der Waals surface area contributed by atoms with Gasteiger partial charge in [-0.2, -0.15) is 0 Å². The van der Waals surface area contributed by atoms with Crippen LogP contribution in [-0.4, -0.2) is 26.3 Å². The molecule has 5 nitrogen and oxygen atoms in total. The molecule has 0 aliphatic carbocycles. The molecule has 1 N–H and O–H groups in total. The third-order valence-corrected chi connectivity index (χ3v) is 6.48. The second-order valence-electron chi connectivity index (χ2n) is 6.37. The summed E-state index contributed by atoms with van der Waals surface area (Å²) < 4.78 is 27.3. The van der Waals surface area contributed by atoms with Crippen LogP contribution in [-0.2, 0) is 16.6 Å². The van der Waals surface area contributed by atoms with Gasteiger partial charge in [0.05, 0.1) is 14.9 Å². The van der Waals surface area contributed by atoms with Gasteiger partial charge in [0.25, 0.3) is 15.9 Å². The Morgan fingerprint density at radius 2 is 1.59 bits per heavy atom. The van der Waals surface area contributed by atoms with E-state index in [2.05, 4.69) is 4.72 Å². The number of nitrogens with zero attached hydrogens (tertiary/aromatic N) is 1. The maximum Gasteiger partial charge on any atom is 0.261 e. The molecule has 0 unspecified atom stereocenters. The third-order valence-electron chi connectivity index (χ3n) is 4.22. The molecule has 3 aromatic rings. The molecule has 0 bridgehead atoms. The molecule has 0 saturated carbocycles. The molecule has 0 saturated heterocycles. The van der Waals surface area contributed by atoms with E-state index in [-0.39, 0.29) is 10.8 Å². The minimum atomic E-state index is -3.68. The number of nitrogens with one attached hydrogen (secondary N) is 1. The van der Waals surface area contributed by atoms with Crippen LogP contribution in [0.2, 0.25) is 10.0 Å². The average Bonchev–Trinajstić information content (AvgIpc) is 2.72. The first kappa shape index (κ1) is 21.2. The van der Waals surface area contributed by atoms with Gasteiger partial charge in [-0.1, -0.05) is 53.5 Å².